The van der Waals surface area contributed by atoms with Gasteiger partial charge in [0.05, 0.1) is 37.2 Å². The van der Waals surface area contributed by atoms with Crippen molar-refractivity contribution in [3.63, 3.8) is 0 Å². The molecule has 0 aromatic rings. The molecule has 0 heterocycles. The number of aliphatic hydroxyl groups excluding tert-OH is 2. The molecule has 0 aliphatic rings. The van der Waals surface area contributed by atoms with Crippen LogP contribution in [0.2, 0.25) is 0 Å². The fourth-order valence-electron chi connectivity index (χ4n) is 0.380. The van der Waals surface area contributed by atoms with Crippen molar-refractivity contribution in [3.05, 3.63) is 0 Å². The number of rotatable bonds is 4. The molecule has 13 heteroatoms. The highest BCUT2D eigenvalue weighted by Crippen LogP contribution is 1.86. The van der Waals surface area contributed by atoms with Crippen molar-refractivity contribution in [3.8, 4) is 0 Å². The van der Waals surface area contributed by atoms with Crippen LogP contribution in [-0.4, -0.2) is 81.8 Å². The highest BCUT2D eigenvalue weighted by atomic mass is 32.2. The van der Waals surface area contributed by atoms with Crippen molar-refractivity contribution in [1.82, 2.24) is 0 Å². The summed E-state index contributed by atoms with van der Waals surface area (Å²) in [6.07, 6.45) is 1.43. The van der Waals surface area contributed by atoms with Crippen LogP contribution in [0, 0.1) is 0 Å². The Balaban J connectivity index is -0.000000219. The van der Waals surface area contributed by atoms with Gasteiger partial charge in [-0.05, 0) is 0 Å². The Morgan fingerprint density at radius 1 is 0.684 bits per heavy atom. The Bertz CT molecular complexity index is 441. The normalized spacial score (nSPS) is 11.7. The third-order valence-corrected chi connectivity index (χ3v) is 2.41. The summed E-state index contributed by atoms with van der Waals surface area (Å²) in [7, 11) is -10.5. The molecule has 0 fully saturated rings. The van der Waals surface area contributed by atoms with Crippen molar-refractivity contribution in [1.29, 1.82) is 0 Å². The van der Waals surface area contributed by atoms with Crippen molar-refractivity contribution < 1.29 is 44.6 Å². The van der Waals surface area contributed by atoms with Crippen molar-refractivity contribution >= 4 is 30.1 Å². The minimum Gasteiger partial charge on any atom is -0.395 e. The molecule has 0 aliphatic carbocycles. The van der Waals surface area contributed by atoms with Gasteiger partial charge < -0.3 is 10.2 Å². The molecule has 4 N–H and O–H groups in total. The van der Waals surface area contributed by atoms with Crippen molar-refractivity contribution in [2.24, 2.45) is 0 Å². The lowest BCUT2D eigenvalue weighted by Gasteiger charge is -1.96. The molecule has 0 saturated carbocycles. The maximum absolute atomic E-state index is 10.5. The number of hydrogen-bond donors (Lipinski definition) is 4. The van der Waals surface area contributed by atoms with E-state index in [0.717, 1.165) is 0 Å². The third-order valence-electron chi connectivity index (χ3n) is 0.805. The minimum absolute atomic E-state index is 0.256. The van der Waals surface area contributed by atoms with Crippen LogP contribution in [0.3, 0.4) is 0 Å². The van der Waals surface area contributed by atoms with Crippen LogP contribution >= 0.6 is 0 Å². The molecule has 0 aromatic carbocycles. The summed E-state index contributed by atoms with van der Waals surface area (Å²) in [5.74, 6) is -0.513. The predicted octanol–water partition coefficient (Wildman–Crippen LogP) is -2.61. The Hall–Kier alpha value is -0.310. The molecule has 0 atom stereocenters. The molecule has 120 valence electrons. The zero-order valence-electron chi connectivity index (χ0n) is 10.3. The van der Waals surface area contributed by atoms with Crippen LogP contribution in [-0.2, 0) is 30.1 Å². The molecule has 0 unspecified atom stereocenters. The van der Waals surface area contributed by atoms with Gasteiger partial charge >= 0.3 is 0 Å². The molecular weight excluding hydrogens is 328 g/mol. The third kappa shape index (κ3) is 73.6. The van der Waals surface area contributed by atoms with Gasteiger partial charge in [0.15, 0.2) is 9.84 Å². The lowest BCUT2D eigenvalue weighted by atomic mass is 10.9. The van der Waals surface area contributed by atoms with Gasteiger partial charge in [0.25, 0.3) is 20.2 Å². The molecule has 0 amide bonds. The molecule has 19 heavy (non-hydrogen) atoms. The zero-order valence-corrected chi connectivity index (χ0v) is 12.7. The first kappa shape index (κ1) is 23.8. The van der Waals surface area contributed by atoms with Crippen molar-refractivity contribution in [2.45, 2.75) is 0 Å². The minimum atomic E-state index is -3.67. The Labute approximate surface area is 112 Å². The first-order valence-electron chi connectivity index (χ1n) is 4.39. The smallest absolute Gasteiger partial charge is 0.261 e. The molecule has 0 spiro atoms. The second-order valence-electron chi connectivity index (χ2n) is 3.07. The Morgan fingerprint density at radius 3 is 0.947 bits per heavy atom. The SMILES string of the molecule is CS(=O)(=O)O.CS(=O)(=O)O.O=S(=O)(CCO)CCO. The lowest BCUT2D eigenvalue weighted by molar-refractivity contribution is 0.312. The van der Waals surface area contributed by atoms with Gasteiger partial charge in [0.2, 0.25) is 0 Å². The van der Waals surface area contributed by atoms with Crippen LogP contribution in [0.4, 0.5) is 0 Å². The quantitative estimate of drug-likeness (QED) is 0.393. The van der Waals surface area contributed by atoms with Gasteiger partial charge in [-0.3, -0.25) is 9.11 Å². The van der Waals surface area contributed by atoms with E-state index in [9.17, 15) is 25.3 Å². The molecular formula is C6H18O10S3. The summed E-state index contributed by atoms with van der Waals surface area (Å²) in [4.78, 5) is 0. The van der Waals surface area contributed by atoms with E-state index >= 15 is 0 Å². The second-order valence-corrected chi connectivity index (χ2v) is 8.30. The molecule has 0 aromatic heterocycles. The Morgan fingerprint density at radius 2 is 0.842 bits per heavy atom. The summed E-state index contributed by atoms with van der Waals surface area (Å²) < 4.78 is 72.8. The first-order chi connectivity index (χ1) is 8.12. The molecule has 10 nitrogen and oxygen atoms in total. The van der Waals surface area contributed by atoms with E-state index in [2.05, 4.69) is 0 Å². The van der Waals surface area contributed by atoms with E-state index in [1.807, 2.05) is 0 Å². The highest BCUT2D eigenvalue weighted by Gasteiger charge is 2.06. The lowest BCUT2D eigenvalue weighted by Crippen LogP contribution is -2.15. The average molecular weight is 346 g/mol. The Kier molecular flexibility index (Phi) is 13.1. The van der Waals surface area contributed by atoms with Crippen LogP contribution in [0.15, 0.2) is 0 Å². The maximum Gasteiger partial charge on any atom is 0.261 e. The zero-order chi connectivity index (χ0) is 16.3. The summed E-state index contributed by atoms with van der Waals surface area (Å²) >= 11 is 0. The standard InChI is InChI=1S/C4H10O4S.2CH4O3S/c5-1-3-9(7,8)4-2-6;2*1-5(2,3)4/h5-6H,1-4H2;2*1H3,(H,2,3,4). The van der Waals surface area contributed by atoms with Gasteiger partial charge in [-0.15, -0.1) is 0 Å². The van der Waals surface area contributed by atoms with Gasteiger partial charge in [-0.2, -0.15) is 16.8 Å². The maximum atomic E-state index is 10.5. The highest BCUT2D eigenvalue weighted by molar-refractivity contribution is 7.91. The number of hydrogen-bond acceptors (Lipinski definition) is 8. The fourth-order valence-corrected chi connectivity index (χ4v) is 1.14. The topological polar surface area (TPSA) is 183 Å². The second kappa shape index (κ2) is 10.5. The van der Waals surface area contributed by atoms with Gasteiger partial charge in [-0.25, -0.2) is 8.42 Å². The van der Waals surface area contributed by atoms with E-state index in [1.165, 1.54) is 0 Å². The van der Waals surface area contributed by atoms with Gasteiger partial charge in [0.1, 0.15) is 0 Å². The molecule has 0 radical (unpaired) electrons. The van der Waals surface area contributed by atoms with Crippen molar-refractivity contribution in [2.75, 3.05) is 37.2 Å². The van der Waals surface area contributed by atoms with Crippen LogP contribution in [0.5, 0.6) is 0 Å². The van der Waals surface area contributed by atoms with E-state index in [-0.39, 0.29) is 24.7 Å². The predicted molar refractivity (Wildman–Crippen MR) is 67.8 cm³/mol. The van der Waals surface area contributed by atoms with E-state index in [1.54, 1.807) is 0 Å². The van der Waals surface area contributed by atoms with Gasteiger partial charge in [-0.1, -0.05) is 0 Å². The van der Waals surface area contributed by atoms with E-state index < -0.39 is 30.1 Å². The van der Waals surface area contributed by atoms with E-state index in [4.69, 9.17) is 19.3 Å². The average Bonchev–Trinajstić information content (AvgIpc) is 1.95. The monoisotopic (exact) mass is 346 g/mol. The number of aliphatic hydroxyl groups is 2. The molecule has 0 saturated heterocycles. The summed E-state index contributed by atoms with van der Waals surface area (Å²) in [5, 5.41) is 16.3. The summed E-state index contributed by atoms with van der Waals surface area (Å²) in [6, 6.07) is 0. The van der Waals surface area contributed by atoms with Crippen LogP contribution in [0.1, 0.15) is 0 Å². The summed E-state index contributed by atoms with van der Waals surface area (Å²) in [6.45, 7) is -0.745. The molecule has 0 rings (SSSR count). The molecule has 0 bridgehead atoms. The largest absolute Gasteiger partial charge is 0.395 e. The first-order valence-corrected chi connectivity index (χ1v) is 9.91. The van der Waals surface area contributed by atoms with Crippen LogP contribution in [0.25, 0.3) is 0 Å². The fraction of sp³-hybridized carbons (Fsp3) is 1.00. The molecule has 0 aliphatic heterocycles. The summed E-state index contributed by atoms with van der Waals surface area (Å²) in [5.41, 5.74) is 0. The van der Waals surface area contributed by atoms with E-state index in [0.29, 0.717) is 12.5 Å². The van der Waals surface area contributed by atoms with Crippen LogP contribution < -0.4 is 0 Å². The number of sulfone groups is 1. The van der Waals surface area contributed by atoms with Gasteiger partial charge in [0, 0.05) is 0 Å².